The fraction of sp³-hybridized carbons (Fsp3) is 0. The van der Waals surface area contributed by atoms with E-state index in [0.29, 0.717) is 0 Å². The van der Waals surface area contributed by atoms with Gasteiger partial charge in [0.15, 0.2) is 11.9 Å². The van der Waals surface area contributed by atoms with E-state index in [9.17, 15) is 14.0 Å². The Balaban J connectivity index is 3.04. The molecule has 82 valence electrons. The van der Waals surface area contributed by atoms with Crippen molar-refractivity contribution in [3.05, 3.63) is 44.0 Å². The molecule has 0 atom stereocenters. The fourth-order valence-corrected chi connectivity index (χ4v) is 1.82. The molecule has 0 N–H and O–H groups in total. The third kappa shape index (κ3) is 1.60. The lowest BCUT2D eigenvalue weighted by molar-refractivity contribution is 0.112. The molecule has 0 saturated carbocycles. The molecule has 16 heavy (non-hydrogen) atoms. The molecule has 2 aromatic rings. The van der Waals surface area contributed by atoms with Gasteiger partial charge < -0.3 is 4.42 Å². The summed E-state index contributed by atoms with van der Waals surface area (Å²) >= 11 is 11.5. The number of rotatable bonds is 1. The Labute approximate surface area is 98.4 Å². The average Bonchev–Trinajstić information content (AvgIpc) is 2.21. The Morgan fingerprint density at radius 1 is 1.31 bits per heavy atom. The van der Waals surface area contributed by atoms with Crippen molar-refractivity contribution in [3.63, 3.8) is 0 Å². The van der Waals surface area contributed by atoms with Gasteiger partial charge in [-0.25, -0.2) is 9.18 Å². The molecule has 2 rings (SSSR count). The maximum atomic E-state index is 13.1. The number of halogens is 3. The maximum Gasteiger partial charge on any atom is 0.348 e. The zero-order valence-corrected chi connectivity index (χ0v) is 9.10. The highest BCUT2D eigenvalue weighted by atomic mass is 35.5. The second-order valence-electron chi connectivity index (χ2n) is 3.00. The van der Waals surface area contributed by atoms with Gasteiger partial charge >= 0.3 is 5.63 Å². The topological polar surface area (TPSA) is 47.3 Å². The molecule has 0 spiro atoms. The van der Waals surface area contributed by atoms with Gasteiger partial charge in [-0.2, -0.15) is 0 Å². The minimum absolute atomic E-state index is 0.0383. The molecule has 1 aromatic carbocycles. The van der Waals surface area contributed by atoms with E-state index in [1.54, 1.807) is 0 Å². The molecule has 0 unspecified atom stereocenters. The molecular weight excluding hydrogens is 258 g/mol. The number of carbonyl (C=O) groups excluding carboxylic acids is 1. The molecule has 0 saturated heterocycles. The van der Waals surface area contributed by atoms with Crippen LogP contribution >= 0.6 is 23.2 Å². The van der Waals surface area contributed by atoms with Crippen LogP contribution in [0.1, 0.15) is 10.4 Å². The van der Waals surface area contributed by atoms with Crippen LogP contribution in [0, 0.1) is 5.82 Å². The fourth-order valence-electron chi connectivity index (χ4n) is 1.31. The second kappa shape index (κ2) is 3.88. The quantitative estimate of drug-likeness (QED) is 0.585. The predicted molar refractivity (Wildman–Crippen MR) is 57.8 cm³/mol. The normalized spacial score (nSPS) is 10.7. The van der Waals surface area contributed by atoms with Gasteiger partial charge in [-0.1, -0.05) is 23.2 Å². The summed E-state index contributed by atoms with van der Waals surface area (Å²) < 4.78 is 17.8. The Hall–Kier alpha value is -1.39. The van der Waals surface area contributed by atoms with Crippen molar-refractivity contribution in [1.82, 2.24) is 0 Å². The van der Waals surface area contributed by atoms with Crippen LogP contribution in [0.3, 0.4) is 0 Å². The first-order chi connectivity index (χ1) is 7.54. The van der Waals surface area contributed by atoms with Gasteiger partial charge in [-0.05, 0) is 12.1 Å². The molecule has 0 radical (unpaired) electrons. The highest BCUT2D eigenvalue weighted by molar-refractivity contribution is 6.40. The van der Waals surface area contributed by atoms with Crippen LogP contribution in [0.5, 0.6) is 0 Å². The van der Waals surface area contributed by atoms with Gasteiger partial charge in [0.05, 0.1) is 10.0 Å². The second-order valence-corrected chi connectivity index (χ2v) is 3.78. The number of benzene rings is 1. The van der Waals surface area contributed by atoms with E-state index >= 15 is 0 Å². The van der Waals surface area contributed by atoms with Gasteiger partial charge in [-0.3, -0.25) is 4.79 Å². The van der Waals surface area contributed by atoms with E-state index in [2.05, 4.69) is 0 Å². The summed E-state index contributed by atoms with van der Waals surface area (Å²) in [7, 11) is 0. The third-order valence-electron chi connectivity index (χ3n) is 2.01. The number of fused-ring (bicyclic) bond motifs is 1. The first-order valence-corrected chi connectivity index (χ1v) is 4.86. The molecule has 0 aliphatic rings. The molecule has 1 heterocycles. The molecule has 0 aliphatic carbocycles. The zero-order chi connectivity index (χ0) is 11.9. The summed E-state index contributed by atoms with van der Waals surface area (Å²) in [6.45, 7) is 0. The Morgan fingerprint density at radius 3 is 2.62 bits per heavy atom. The monoisotopic (exact) mass is 260 g/mol. The van der Waals surface area contributed by atoms with Gasteiger partial charge in [0.2, 0.25) is 0 Å². The lowest BCUT2D eigenvalue weighted by Gasteiger charge is -2.03. The van der Waals surface area contributed by atoms with Crippen molar-refractivity contribution < 1.29 is 13.6 Å². The molecule has 0 bridgehead atoms. The first kappa shape index (κ1) is 11.1. The minimum Gasteiger partial charge on any atom is -0.421 e. The van der Waals surface area contributed by atoms with E-state index in [1.807, 2.05) is 0 Å². The molecule has 6 heteroatoms. The Morgan fingerprint density at radius 2 is 2.00 bits per heavy atom. The Kier molecular flexibility index (Phi) is 2.69. The van der Waals surface area contributed by atoms with Gasteiger partial charge in [0.25, 0.3) is 0 Å². The summed E-state index contributed by atoms with van der Waals surface area (Å²) in [6.07, 6.45) is 0.256. The average molecular weight is 261 g/mol. The summed E-state index contributed by atoms with van der Waals surface area (Å²) in [5.41, 5.74) is -1.29. The van der Waals surface area contributed by atoms with Crippen molar-refractivity contribution in [1.29, 1.82) is 0 Å². The largest absolute Gasteiger partial charge is 0.421 e. The standard InChI is InChI=1S/C10H3Cl2FO3/c11-7-2-4(13)1-5-8(12)6(3-14)10(15)16-9(5)7/h1-3H. The van der Waals surface area contributed by atoms with Crippen LogP contribution in [-0.2, 0) is 0 Å². The maximum absolute atomic E-state index is 13.1. The van der Waals surface area contributed by atoms with Crippen molar-refractivity contribution in [3.8, 4) is 0 Å². The van der Waals surface area contributed by atoms with E-state index < -0.39 is 11.4 Å². The molecule has 0 aliphatic heterocycles. The summed E-state index contributed by atoms with van der Waals surface area (Å²) in [6, 6.07) is 2.03. The van der Waals surface area contributed by atoms with Gasteiger partial charge in [-0.15, -0.1) is 0 Å². The number of aldehydes is 1. The van der Waals surface area contributed by atoms with E-state index in [0.717, 1.165) is 12.1 Å². The number of carbonyl (C=O) groups is 1. The van der Waals surface area contributed by atoms with E-state index in [1.165, 1.54) is 0 Å². The summed E-state index contributed by atoms with van der Waals surface area (Å²) in [5.74, 6) is -0.634. The lowest BCUT2D eigenvalue weighted by Crippen LogP contribution is -2.07. The smallest absolute Gasteiger partial charge is 0.348 e. The third-order valence-corrected chi connectivity index (χ3v) is 2.70. The van der Waals surface area contributed by atoms with Gasteiger partial charge in [0.1, 0.15) is 11.4 Å². The first-order valence-electron chi connectivity index (χ1n) is 4.11. The summed E-state index contributed by atoms with van der Waals surface area (Å²) in [4.78, 5) is 21.9. The van der Waals surface area contributed by atoms with Crippen molar-refractivity contribution in [2.75, 3.05) is 0 Å². The molecule has 3 nitrogen and oxygen atoms in total. The van der Waals surface area contributed by atoms with Crippen LogP contribution in [0.15, 0.2) is 21.3 Å². The predicted octanol–water partition coefficient (Wildman–Crippen LogP) is 3.05. The highest BCUT2D eigenvalue weighted by Crippen LogP contribution is 2.30. The molecule has 0 fully saturated rings. The van der Waals surface area contributed by atoms with E-state index in [4.69, 9.17) is 27.6 Å². The van der Waals surface area contributed by atoms with Crippen molar-refractivity contribution in [2.45, 2.75) is 0 Å². The van der Waals surface area contributed by atoms with E-state index in [-0.39, 0.29) is 32.9 Å². The molecule has 0 amide bonds. The van der Waals surface area contributed by atoms with Crippen LogP contribution < -0.4 is 5.63 Å². The SMILES string of the molecule is O=Cc1c(Cl)c2cc(F)cc(Cl)c2oc1=O. The number of hydrogen-bond donors (Lipinski definition) is 0. The summed E-state index contributed by atoms with van der Waals surface area (Å²) in [5, 5.41) is -0.150. The van der Waals surface area contributed by atoms with Crippen LogP contribution in [-0.4, -0.2) is 6.29 Å². The Bertz CT molecular complexity index is 649. The minimum atomic E-state index is -0.902. The van der Waals surface area contributed by atoms with Crippen molar-refractivity contribution in [2.24, 2.45) is 0 Å². The zero-order valence-electron chi connectivity index (χ0n) is 7.59. The van der Waals surface area contributed by atoms with Crippen molar-refractivity contribution >= 4 is 40.5 Å². The number of hydrogen-bond acceptors (Lipinski definition) is 3. The van der Waals surface area contributed by atoms with Crippen LogP contribution in [0.25, 0.3) is 11.0 Å². The molecule has 1 aromatic heterocycles. The van der Waals surface area contributed by atoms with Gasteiger partial charge in [0, 0.05) is 5.39 Å². The molecular formula is C10H3Cl2FO3. The van der Waals surface area contributed by atoms with Crippen LogP contribution in [0.2, 0.25) is 10.0 Å². The lowest BCUT2D eigenvalue weighted by atomic mass is 10.2. The van der Waals surface area contributed by atoms with Crippen LogP contribution in [0.4, 0.5) is 4.39 Å². The highest BCUT2D eigenvalue weighted by Gasteiger charge is 2.15.